The Balaban J connectivity index is 1.61. The maximum Gasteiger partial charge on any atom is 0.140 e. The monoisotopic (exact) mass is 310 g/mol. The number of nitrogens with zero attached hydrogens (tertiary/aromatic N) is 4. The molecule has 5 heteroatoms. The molecular formula is C17H18N4S. The summed E-state index contributed by atoms with van der Waals surface area (Å²) < 4.78 is 2.25. The fourth-order valence-corrected chi connectivity index (χ4v) is 3.70. The van der Waals surface area contributed by atoms with Crippen molar-refractivity contribution in [1.82, 2.24) is 19.4 Å². The zero-order valence-electron chi connectivity index (χ0n) is 12.6. The first-order chi connectivity index (χ1) is 10.8. The van der Waals surface area contributed by atoms with Gasteiger partial charge < -0.3 is 4.57 Å². The second kappa shape index (κ2) is 5.66. The quantitative estimate of drug-likeness (QED) is 0.745. The van der Waals surface area contributed by atoms with Crippen molar-refractivity contribution in [2.75, 3.05) is 6.54 Å². The standard InChI is InChI=1S/C17H18N4S/c1-20-15-11-21(12-16-18-8-10-22-16)9-7-14(15)19-17(20)13-5-3-2-4-6-13/h2-6,8,10H,7,9,11-12H2,1H3. The third-order valence-electron chi connectivity index (χ3n) is 4.21. The second-order valence-corrected chi connectivity index (χ2v) is 6.62. The van der Waals surface area contributed by atoms with Crippen LogP contribution in [0, 0.1) is 0 Å². The van der Waals surface area contributed by atoms with Gasteiger partial charge in [-0.1, -0.05) is 30.3 Å². The van der Waals surface area contributed by atoms with Crippen molar-refractivity contribution in [3.05, 3.63) is 58.3 Å². The molecule has 0 amide bonds. The summed E-state index contributed by atoms with van der Waals surface area (Å²) in [5, 5.41) is 3.23. The summed E-state index contributed by atoms with van der Waals surface area (Å²) in [6, 6.07) is 10.4. The lowest BCUT2D eigenvalue weighted by Crippen LogP contribution is -2.30. The minimum atomic E-state index is 0.933. The Hall–Kier alpha value is -1.98. The van der Waals surface area contributed by atoms with Gasteiger partial charge in [-0.05, 0) is 0 Å². The van der Waals surface area contributed by atoms with Crippen molar-refractivity contribution in [2.24, 2.45) is 7.05 Å². The minimum Gasteiger partial charge on any atom is -0.330 e. The van der Waals surface area contributed by atoms with E-state index in [9.17, 15) is 0 Å². The van der Waals surface area contributed by atoms with Crippen LogP contribution >= 0.6 is 11.3 Å². The molecule has 0 spiro atoms. The third kappa shape index (κ3) is 2.46. The molecule has 0 atom stereocenters. The van der Waals surface area contributed by atoms with E-state index in [1.54, 1.807) is 11.3 Å². The molecule has 2 aromatic heterocycles. The summed E-state index contributed by atoms with van der Waals surface area (Å²) in [4.78, 5) is 11.7. The van der Waals surface area contributed by atoms with Gasteiger partial charge in [0.1, 0.15) is 10.8 Å². The number of hydrogen-bond acceptors (Lipinski definition) is 4. The smallest absolute Gasteiger partial charge is 0.140 e. The number of aromatic nitrogens is 3. The zero-order chi connectivity index (χ0) is 14.9. The third-order valence-corrected chi connectivity index (χ3v) is 4.97. The highest BCUT2D eigenvalue weighted by molar-refractivity contribution is 7.09. The molecule has 0 bridgehead atoms. The second-order valence-electron chi connectivity index (χ2n) is 5.64. The van der Waals surface area contributed by atoms with E-state index in [2.05, 4.69) is 45.8 Å². The van der Waals surface area contributed by atoms with Crippen molar-refractivity contribution in [3.8, 4) is 11.4 Å². The number of imidazole rings is 1. The summed E-state index contributed by atoms with van der Waals surface area (Å²) >= 11 is 1.73. The van der Waals surface area contributed by atoms with E-state index in [0.717, 1.165) is 31.9 Å². The van der Waals surface area contributed by atoms with Gasteiger partial charge in [-0.15, -0.1) is 11.3 Å². The minimum absolute atomic E-state index is 0.933. The van der Waals surface area contributed by atoms with Crippen LogP contribution in [0.3, 0.4) is 0 Å². The van der Waals surface area contributed by atoms with Crippen molar-refractivity contribution in [1.29, 1.82) is 0 Å². The lowest BCUT2D eigenvalue weighted by atomic mass is 10.1. The highest BCUT2D eigenvalue weighted by Crippen LogP contribution is 2.26. The van der Waals surface area contributed by atoms with E-state index in [1.165, 1.54) is 22.0 Å². The summed E-state index contributed by atoms with van der Waals surface area (Å²) in [5.74, 6) is 1.07. The largest absolute Gasteiger partial charge is 0.330 e. The van der Waals surface area contributed by atoms with E-state index < -0.39 is 0 Å². The highest BCUT2D eigenvalue weighted by atomic mass is 32.1. The highest BCUT2D eigenvalue weighted by Gasteiger charge is 2.23. The molecule has 22 heavy (non-hydrogen) atoms. The topological polar surface area (TPSA) is 34.0 Å². The van der Waals surface area contributed by atoms with Crippen LogP contribution in [0.2, 0.25) is 0 Å². The number of rotatable bonds is 3. The van der Waals surface area contributed by atoms with Gasteiger partial charge in [-0.25, -0.2) is 9.97 Å². The fraction of sp³-hybridized carbons (Fsp3) is 0.294. The van der Waals surface area contributed by atoms with Crippen LogP contribution in [0.5, 0.6) is 0 Å². The molecule has 4 nitrogen and oxygen atoms in total. The lowest BCUT2D eigenvalue weighted by molar-refractivity contribution is 0.238. The number of benzene rings is 1. The molecule has 0 saturated carbocycles. The van der Waals surface area contributed by atoms with Crippen molar-refractivity contribution in [2.45, 2.75) is 19.5 Å². The maximum atomic E-state index is 4.88. The Morgan fingerprint density at radius 1 is 1.23 bits per heavy atom. The first kappa shape index (κ1) is 13.7. The van der Waals surface area contributed by atoms with Crippen molar-refractivity contribution >= 4 is 11.3 Å². The summed E-state index contributed by atoms with van der Waals surface area (Å²) in [6.45, 7) is 2.94. The zero-order valence-corrected chi connectivity index (χ0v) is 13.4. The van der Waals surface area contributed by atoms with Crippen molar-refractivity contribution in [3.63, 3.8) is 0 Å². The first-order valence-corrected chi connectivity index (χ1v) is 8.40. The molecule has 1 aliphatic heterocycles. The normalized spacial score (nSPS) is 15.0. The molecule has 3 aromatic rings. The average molecular weight is 310 g/mol. The van der Waals surface area contributed by atoms with E-state index in [4.69, 9.17) is 4.98 Å². The van der Waals surface area contributed by atoms with Crippen LogP contribution < -0.4 is 0 Å². The molecule has 0 saturated heterocycles. The van der Waals surface area contributed by atoms with Crippen LogP contribution in [0.25, 0.3) is 11.4 Å². The Morgan fingerprint density at radius 2 is 2.09 bits per heavy atom. The molecule has 0 radical (unpaired) electrons. The van der Waals surface area contributed by atoms with E-state index in [1.807, 2.05) is 17.6 Å². The van der Waals surface area contributed by atoms with Crippen molar-refractivity contribution < 1.29 is 0 Å². The first-order valence-electron chi connectivity index (χ1n) is 7.52. The predicted octanol–water partition coefficient (Wildman–Crippen LogP) is 3.10. The van der Waals surface area contributed by atoms with Gasteiger partial charge in [0.15, 0.2) is 0 Å². The van der Waals surface area contributed by atoms with Gasteiger partial charge >= 0.3 is 0 Å². The Labute approximate surface area is 134 Å². The van der Waals surface area contributed by atoms with E-state index in [-0.39, 0.29) is 0 Å². The Bertz CT molecular complexity index is 762. The van der Waals surface area contributed by atoms with Gasteiger partial charge in [-0.2, -0.15) is 0 Å². The predicted molar refractivity (Wildman–Crippen MR) is 88.6 cm³/mol. The SMILES string of the molecule is Cn1c(-c2ccccc2)nc2c1CN(Cc1nccs1)CC2. The van der Waals surface area contributed by atoms with Crippen LogP contribution in [0.1, 0.15) is 16.4 Å². The fourth-order valence-electron chi connectivity index (χ4n) is 3.04. The molecule has 1 aliphatic rings. The summed E-state index contributed by atoms with van der Waals surface area (Å²) in [5.41, 5.74) is 3.77. The van der Waals surface area contributed by atoms with E-state index >= 15 is 0 Å². The summed E-state index contributed by atoms with van der Waals surface area (Å²) in [6.07, 6.45) is 2.90. The number of hydrogen-bond donors (Lipinski definition) is 0. The van der Waals surface area contributed by atoms with E-state index in [0.29, 0.717) is 0 Å². The Morgan fingerprint density at radius 3 is 2.86 bits per heavy atom. The molecule has 4 rings (SSSR count). The van der Waals surface area contributed by atoms with Gasteiger partial charge in [0.2, 0.25) is 0 Å². The molecule has 0 fully saturated rings. The molecule has 0 aliphatic carbocycles. The summed E-state index contributed by atoms with van der Waals surface area (Å²) in [7, 11) is 2.13. The molecule has 3 heterocycles. The molecule has 0 N–H and O–H groups in total. The number of thiazole rings is 1. The average Bonchev–Trinajstić information content (AvgIpc) is 3.17. The molecular weight excluding hydrogens is 292 g/mol. The number of fused-ring (bicyclic) bond motifs is 1. The van der Waals surface area contributed by atoms with Crippen LogP contribution in [-0.2, 0) is 26.6 Å². The maximum absolute atomic E-state index is 4.88. The molecule has 1 aromatic carbocycles. The van der Waals surface area contributed by atoms with Gasteiger partial charge in [0.05, 0.1) is 17.9 Å². The van der Waals surface area contributed by atoms with Crippen LogP contribution in [-0.4, -0.2) is 26.0 Å². The Kier molecular flexibility index (Phi) is 3.52. The lowest BCUT2D eigenvalue weighted by Gasteiger charge is -2.26. The van der Waals surface area contributed by atoms with Gasteiger partial charge in [0, 0.05) is 43.7 Å². The van der Waals surface area contributed by atoms with Crippen LogP contribution in [0.4, 0.5) is 0 Å². The van der Waals surface area contributed by atoms with Gasteiger partial charge in [0.25, 0.3) is 0 Å². The molecule has 112 valence electrons. The van der Waals surface area contributed by atoms with Crippen LogP contribution in [0.15, 0.2) is 41.9 Å². The molecule has 0 unspecified atom stereocenters. The van der Waals surface area contributed by atoms with Gasteiger partial charge in [-0.3, -0.25) is 4.90 Å².